The van der Waals surface area contributed by atoms with E-state index in [0.29, 0.717) is 5.92 Å². The van der Waals surface area contributed by atoms with Gasteiger partial charge in [-0.2, -0.15) is 0 Å². The van der Waals surface area contributed by atoms with Crippen molar-refractivity contribution in [2.24, 2.45) is 5.92 Å². The summed E-state index contributed by atoms with van der Waals surface area (Å²) in [6, 6.07) is 3.77. The standard InChI is InChI=1S/C13H18F2/c1-4-9(2)5-10(3)11-6-12(14)8-13(15)7-11/h6-10H,4-5H2,1-3H3. The predicted octanol–water partition coefficient (Wildman–Crippen LogP) is 4.50. The van der Waals surface area contributed by atoms with Crippen molar-refractivity contribution >= 4 is 0 Å². The summed E-state index contributed by atoms with van der Waals surface area (Å²) in [6.45, 7) is 6.30. The van der Waals surface area contributed by atoms with E-state index in [-0.39, 0.29) is 5.92 Å². The molecule has 0 saturated carbocycles. The van der Waals surface area contributed by atoms with Crippen molar-refractivity contribution in [1.29, 1.82) is 0 Å². The predicted molar refractivity (Wildman–Crippen MR) is 58.8 cm³/mol. The first-order chi connectivity index (χ1) is 7.02. The maximum absolute atomic E-state index is 13.0. The van der Waals surface area contributed by atoms with Gasteiger partial charge in [0.05, 0.1) is 0 Å². The molecule has 1 rings (SSSR count). The van der Waals surface area contributed by atoms with Crippen molar-refractivity contribution < 1.29 is 8.78 Å². The van der Waals surface area contributed by atoms with Crippen LogP contribution in [0.4, 0.5) is 8.78 Å². The monoisotopic (exact) mass is 212 g/mol. The second-order valence-electron chi connectivity index (χ2n) is 4.35. The first kappa shape index (κ1) is 12.2. The molecule has 1 aromatic carbocycles. The Morgan fingerprint density at radius 2 is 1.60 bits per heavy atom. The Bertz CT molecular complexity index is 300. The molecule has 0 saturated heterocycles. The van der Waals surface area contributed by atoms with Crippen molar-refractivity contribution in [2.75, 3.05) is 0 Å². The van der Waals surface area contributed by atoms with Gasteiger partial charge in [0.15, 0.2) is 0 Å². The topological polar surface area (TPSA) is 0 Å². The molecular weight excluding hydrogens is 194 g/mol. The summed E-state index contributed by atoms with van der Waals surface area (Å²) in [5.74, 6) is -0.168. The zero-order chi connectivity index (χ0) is 11.4. The third-order valence-electron chi connectivity index (χ3n) is 2.91. The molecule has 0 radical (unpaired) electrons. The van der Waals surface area contributed by atoms with Crippen LogP contribution in [0.1, 0.15) is 45.1 Å². The Labute approximate surface area is 90.3 Å². The van der Waals surface area contributed by atoms with Gasteiger partial charge in [0.25, 0.3) is 0 Å². The molecule has 1 aromatic rings. The number of rotatable bonds is 4. The van der Waals surface area contributed by atoms with Crippen LogP contribution in [0.15, 0.2) is 18.2 Å². The van der Waals surface area contributed by atoms with Crippen LogP contribution < -0.4 is 0 Å². The van der Waals surface area contributed by atoms with E-state index in [9.17, 15) is 8.78 Å². The minimum atomic E-state index is -0.485. The van der Waals surface area contributed by atoms with Gasteiger partial charge in [0, 0.05) is 6.07 Å². The SMILES string of the molecule is CCC(C)CC(C)c1cc(F)cc(F)c1. The lowest BCUT2D eigenvalue weighted by molar-refractivity contribution is 0.467. The normalized spacial score (nSPS) is 15.0. The molecule has 0 bridgehead atoms. The van der Waals surface area contributed by atoms with Crippen molar-refractivity contribution in [3.8, 4) is 0 Å². The van der Waals surface area contributed by atoms with Crippen LogP contribution in [0, 0.1) is 17.6 Å². The van der Waals surface area contributed by atoms with Gasteiger partial charge in [0.2, 0.25) is 0 Å². The van der Waals surface area contributed by atoms with Crippen LogP contribution in [0.2, 0.25) is 0 Å². The van der Waals surface area contributed by atoms with Crippen LogP contribution in [-0.2, 0) is 0 Å². The third kappa shape index (κ3) is 3.61. The first-order valence-corrected chi connectivity index (χ1v) is 5.49. The average Bonchev–Trinajstić information content (AvgIpc) is 2.16. The molecule has 0 aliphatic heterocycles. The molecule has 0 aliphatic carbocycles. The lowest BCUT2D eigenvalue weighted by Gasteiger charge is -2.16. The smallest absolute Gasteiger partial charge is 0.126 e. The van der Waals surface area contributed by atoms with Crippen LogP contribution in [-0.4, -0.2) is 0 Å². The zero-order valence-corrected chi connectivity index (χ0v) is 9.56. The quantitative estimate of drug-likeness (QED) is 0.689. The minimum Gasteiger partial charge on any atom is -0.207 e. The summed E-state index contributed by atoms with van der Waals surface area (Å²) in [6.07, 6.45) is 2.07. The molecule has 0 heterocycles. The molecule has 2 atom stereocenters. The molecular formula is C13H18F2. The van der Waals surface area contributed by atoms with E-state index in [4.69, 9.17) is 0 Å². The molecule has 2 unspecified atom stereocenters. The molecule has 2 heteroatoms. The molecule has 0 nitrogen and oxygen atoms in total. The van der Waals surface area contributed by atoms with E-state index in [1.54, 1.807) is 0 Å². The Morgan fingerprint density at radius 1 is 1.07 bits per heavy atom. The Kier molecular flexibility index (Phi) is 4.25. The van der Waals surface area contributed by atoms with Crippen molar-refractivity contribution in [3.63, 3.8) is 0 Å². The fourth-order valence-electron chi connectivity index (χ4n) is 1.77. The molecule has 0 fully saturated rings. The van der Waals surface area contributed by atoms with Gasteiger partial charge >= 0.3 is 0 Å². The van der Waals surface area contributed by atoms with Crippen LogP contribution >= 0.6 is 0 Å². The highest BCUT2D eigenvalue weighted by molar-refractivity contribution is 5.21. The van der Waals surface area contributed by atoms with Crippen LogP contribution in [0.25, 0.3) is 0 Å². The van der Waals surface area contributed by atoms with Gasteiger partial charge < -0.3 is 0 Å². The summed E-state index contributed by atoms with van der Waals surface area (Å²) in [5.41, 5.74) is 0.757. The molecule has 0 aromatic heterocycles. The molecule has 0 aliphatic rings. The van der Waals surface area contributed by atoms with E-state index in [2.05, 4.69) is 13.8 Å². The van der Waals surface area contributed by atoms with Crippen LogP contribution in [0.5, 0.6) is 0 Å². The number of hydrogen-bond acceptors (Lipinski definition) is 0. The average molecular weight is 212 g/mol. The minimum absolute atomic E-state index is 0.213. The van der Waals surface area contributed by atoms with E-state index in [0.717, 1.165) is 24.5 Å². The summed E-state index contributed by atoms with van der Waals surface area (Å²) in [5, 5.41) is 0. The van der Waals surface area contributed by atoms with Gasteiger partial charge in [-0.25, -0.2) is 8.78 Å². The maximum Gasteiger partial charge on any atom is 0.126 e. The molecule has 0 N–H and O–H groups in total. The Hall–Kier alpha value is -0.920. The number of benzene rings is 1. The largest absolute Gasteiger partial charge is 0.207 e. The van der Waals surface area contributed by atoms with Crippen molar-refractivity contribution in [3.05, 3.63) is 35.4 Å². The van der Waals surface area contributed by atoms with Gasteiger partial charge in [-0.1, -0.05) is 27.2 Å². The van der Waals surface area contributed by atoms with Crippen LogP contribution in [0.3, 0.4) is 0 Å². The molecule has 0 spiro atoms. The van der Waals surface area contributed by atoms with E-state index >= 15 is 0 Å². The highest BCUT2D eigenvalue weighted by Crippen LogP contribution is 2.25. The van der Waals surface area contributed by atoms with Gasteiger partial charge in [0.1, 0.15) is 11.6 Å². The second kappa shape index (κ2) is 5.24. The Morgan fingerprint density at radius 3 is 2.07 bits per heavy atom. The van der Waals surface area contributed by atoms with Gasteiger partial charge in [-0.05, 0) is 36.0 Å². The lowest BCUT2D eigenvalue weighted by Crippen LogP contribution is -2.02. The van der Waals surface area contributed by atoms with Crippen molar-refractivity contribution in [2.45, 2.75) is 39.5 Å². The van der Waals surface area contributed by atoms with E-state index in [1.807, 2.05) is 6.92 Å². The number of hydrogen-bond donors (Lipinski definition) is 0. The molecule has 0 amide bonds. The summed E-state index contributed by atoms with van der Waals surface area (Å²) >= 11 is 0. The third-order valence-corrected chi connectivity index (χ3v) is 2.91. The van der Waals surface area contributed by atoms with Gasteiger partial charge in [-0.15, -0.1) is 0 Å². The highest BCUT2D eigenvalue weighted by Gasteiger charge is 2.11. The first-order valence-electron chi connectivity index (χ1n) is 5.49. The van der Waals surface area contributed by atoms with Crippen molar-refractivity contribution in [1.82, 2.24) is 0 Å². The second-order valence-corrected chi connectivity index (χ2v) is 4.35. The van der Waals surface area contributed by atoms with E-state index in [1.165, 1.54) is 12.1 Å². The summed E-state index contributed by atoms with van der Waals surface area (Å²) < 4.78 is 25.9. The fourth-order valence-corrected chi connectivity index (χ4v) is 1.77. The van der Waals surface area contributed by atoms with E-state index < -0.39 is 11.6 Å². The zero-order valence-electron chi connectivity index (χ0n) is 9.56. The molecule has 15 heavy (non-hydrogen) atoms. The summed E-state index contributed by atoms with van der Waals surface area (Å²) in [7, 11) is 0. The summed E-state index contributed by atoms with van der Waals surface area (Å²) in [4.78, 5) is 0. The van der Waals surface area contributed by atoms with Gasteiger partial charge in [-0.3, -0.25) is 0 Å². The number of halogens is 2. The lowest BCUT2D eigenvalue weighted by atomic mass is 9.90. The fraction of sp³-hybridized carbons (Fsp3) is 0.538. The maximum atomic E-state index is 13.0. The highest BCUT2D eigenvalue weighted by atomic mass is 19.1. The molecule has 84 valence electrons. The Balaban J connectivity index is 2.77.